The molecule has 13 heavy (non-hydrogen) atoms. The molecule has 1 aliphatic heterocycles. The van der Waals surface area contributed by atoms with Crippen molar-refractivity contribution in [3.8, 4) is 0 Å². The van der Waals surface area contributed by atoms with E-state index in [4.69, 9.17) is 0 Å². The predicted octanol–water partition coefficient (Wildman–Crippen LogP) is 0.851. The summed E-state index contributed by atoms with van der Waals surface area (Å²) in [5.74, 6) is 0.340. The van der Waals surface area contributed by atoms with Crippen LogP contribution in [0.4, 0.5) is 0 Å². The van der Waals surface area contributed by atoms with Crippen molar-refractivity contribution in [3.63, 3.8) is 0 Å². The Balaban J connectivity index is 2.02. The summed E-state index contributed by atoms with van der Waals surface area (Å²) < 4.78 is 3.24. The van der Waals surface area contributed by atoms with Crippen LogP contribution in [-0.4, -0.2) is 37.0 Å². The molecule has 4 heteroatoms. The van der Waals surface area contributed by atoms with Gasteiger partial charge < -0.3 is 0 Å². The van der Waals surface area contributed by atoms with Crippen molar-refractivity contribution in [3.05, 3.63) is 30.1 Å². The molecular formula is C9H10InN2O. The van der Waals surface area contributed by atoms with Crippen LogP contribution >= 0.6 is 0 Å². The summed E-state index contributed by atoms with van der Waals surface area (Å²) >= 11 is -0.723. The number of nitrogens with zero attached hydrogens (tertiary/aromatic N) is 2. The molecule has 0 saturated carbocycles. The molecule has 1 fully saturated rings. The summed E-state index contributed by atoms with van der Waals surface area (Å²) in [6.07, 6.45) is 2.57. The van der Waals surface area contributed by atoms with Gasteiger partial charge in [0.05, 0.1) is 0 Å². The van der Waals surface area contributed by atoms with Crippen molar-refractivity contribution in [1.29, 1.82) is 0 Å². The molecule has 0 spiro atoms. The maximum atomic E-state index is 11.3. The molecule has 1 saturated heterocycles. The standard InChI is InChI=1S/C9H11N2O.In/c1-2-9(12)11-7-8-5-3-4-6-10-8;/h3-6H,1-2,7H2,(H,11,12);/q;+1/p-1. The van der Waals surface area contributed by atoms with Gasteiger partial charge in [-0.3, -0.25) is 0 Å². The number of carbonyl (C=O) groups is 1. The predicted molar refractivity (Wildman–Crippen MR) is 50.0 cm³/mol. The first-order valence-corrected chi connectivity index (χ1v) is 8.19. The zero-order valence-corrected chi connectivity index (χ0v) is 10.6. The summed E-state index contributed by atoms with van der Waals surface area (Å²) in [6, 6.07) is 5.85. The van der Waals surface area contributed by atoms with E-state index >= 15 is 0 Å². The van der Waals surface area contributed by atoms with Crippen LogP contribution in [0.3, 0.4) is 0 Å². The van der Waals surface area contributed by atoms with Gasteiger partial charge in [-0.15, -0.1) is 0 Å². The SMILES string of the molecule is O=C1C[CH2][In][N]1Cc1ccccn1. The van der Waals surface area contributed by atoms with Crippen LogP contribution in [0.2, 0.25) is 4.18 Å². The minimum atomic E-state index is -0.723. The second-order valence-electron chi connectivity index (χ2n) is 3.06. The van der Waals surface area contributed by atoms with E-state index in [2.05, 4.69) is 7.87 Å². The number of hydrogen-bond acceptors (Lipinski definition) is 2. The number of aromatic nitrogens is 1. The Labute approximate surface area is 88.9 Å². The fourth-order valence-electron chi connectivity index (χ4n) is 1.41. The van der Waals surface area contributed by atoms with Gasteiger partial charge in [0.25, 0.3) is 0 Å². The topological polar surface area (TPSA) is 33.2 Å². The monoisotopic (exact) mass is 277 g/mol. The minimum absolute atomic E-state index is 0.340. The summed E-state index contributed by atoms with van der Waals surface area (Å²) in [6.45, 7) is 0.751. The maximum absolute atomic E-state index is 11.3. The van der Waals surface area contributed by atoms with Gasteiger partial charge >= 0.3 is 89.0 Å². The van der Waals surface area contributed by atoms with Crippen LogP contribution in [-0.2, 0) is 11.3 Å². The quantitative estimate of drug-likeness (QED) is 0.803. The van der Waals surface area contributed by atoms with Crippen LogP contribution in [0.1, 0.15) is 12.1 Å². The second kappa shape index (κ2) is 4.13. The van der Waals surface area contributed by atoms with Gasteiger partial charge in [-0.1, -0.05) is 0 Å². The number of carbonyl (C=O) groups excluding carboxylic acids is 1. The Morgan fingerprint density at radius 3 is 3.08 bits per heavy atom. The molecule has 1 aliphatic rings. The van der Waals surface area contributed by atoms with Crippen molar-refractivity contribution < 1.29 is 4.79 Å². The molecule has 1 amide bonds. The van der Waals surface area contributed by atoms with E-state index in [1.807, 2.05) is 18.2 Å². The van der Waals surface area contributed by atoms with E-state index in [-0.39, 0.29) is 0 Å². The van der Waals surface area contributed by atoms with Gasteiger partial charge in [0.2, 0.25) is 0 Å². The first kappa shape index (κ1) is 9.06. The molecule has 0 bridgehead atoms. The summed E-state index contributed by atoms with van der Waals surface area (Å²) in [5.41, 5.74) is 1.02. The zero-order valence-electron chi connectivity index (χ0n) is 7.31. The van der Waals surface area contributed by atoms with Crippen LogP contribution in [0.15, 0.2) is 24.4 Å². The molecule has 0 unspecified atom stereocenters. The van der Waals surface area contributed by atoms with Crippen molar-refractivity contribution in [2.75, 3.05) is 0 Å². The van der Waals surface area contributed by atoms with E-state index in [1.165, 1.54) is 4.18 Å². The van der Waals surface area contributed by atoms with E-state index in [0.29, 0.717) is 5.91 Å². The number of amides is 1. The second-order valence-corrected chi connectivity index (χ2v) is 7.53. The van der Waals surface area contributed by atoms with Crippen LogP contribution in [0.5, 0.6) is 0 Å². The molecule has 65 valence electrons. The van der Waals surface area contributed by atoms with Crippen LogP contribution in [0.25, 0.3) is 0 Å². The molecule has 1 radical (unpaired) electrons. The third kappa shape index (κ3) is 2.24. The molecule has 0 N–H and O–H groups in total. The molecule has 3 nitrogen and oxygen atoms in total. The van der Waals surface area contributed by atoms with Crippen molar-refractivity contribution in [2.24, 2.45) is 0 Å². The average molecular weight is 277 g/mol. The first-order chi connectivity index (χ1) is 6.36. The van der Waals surface area contributed by atoms with Gasteiger partial charge in [-0.25, -0.2) is 0 Å². The van der Waals surface area contributed by atoms with Crippen LogP contribution < -0.4 is 0 Å². The van der Waals surface area contributed by atoms with Crippen molar-refractivity contribution >= 4 is 29.1 Å². The van der Waals surface area contributed by atoms with Gasteiger partial charge in [0, 0.05) is 0 Å². The Hall–Kier alpha value is -0.510. The van der Waals surface area contributed by atoms with Crippen LogP contribution in [0, 0.1) is 0 Å². The van der Waals surface area contributed by atoms with Crippen molar-refractivity contribution in [2.45, 2.75) is 17.1 Å². The average Bonchev–Trinajstić information content (AvgIpc) is 2.54. The molecule has 0 aromatic carbocycles. The fraction of sp³-hybridized carbons (Fsp3) is 0.333. The Kier molecular flexibility index (Phi) is 2.88. The summed E-state index contributed by atoms with van der Waals surface area (Å²) in [4.78, 5) is 15.5. The molecule has 1 aromatic heterocycles. The Morgan fingerprint density at radius 2 is 2.46 bits per heavy atom. The third-order valence-electron chi connectivity index (χ3n) is 2.09. The van der Waals surface area contributed by atoms with Gasteiger partial charge in [0.1, 0.15) is 0 Å². The van der Waals surface area contributed by atoms with Crippen molar-refractivity contribution in [1.82, 2.24) is 7.87 Å². The Morgan fingerprint density at radius 1 is 1.54 bits per heavy atom. The fourth-order valence-corrected chi connectivity index (χ4v) is 5.22. The van der Waals surface area contributed by atoms with E-state index in [0.717, 1.165) is 18.7 Å². The summed E-state index contributed by atoms with van der Waals surface area (Å²) in [5, 5.41) is 0. The van der Waals surface area contributed by atoms with E-state index < -0.39 is 23.2 Å². The molecule has 2 heterocycles. The first-order valence-electron chi connectivity index (χ1n) is 4.39. The number of pyridine rings is 1. The molecule has 2 rings (SSSR count). The molecule has 1 aromatic rings. The Bertz CT molecular complexity index is 302. The van der Waals surface area contributed by atoms with Gasteiger partial charge in [-0.05, 0) is 0 Å². The third-order valence-corrected chi connectivity index (χ3v) is 6.25. The van der Waals surface area contributed by atoms with Gasteiger partial charge in [0.15, 0.2) is 0 Å². The van der Waals surface area contributed by atoms with E-state index in [9.17, 15) is 4.79 Å². The molecular weight excluding hydrogens is 267 g/mol. The molecule has 0 aliphatic carbocycles. The normalized spacial score (nSPS) is 16.0. The van der Waals surface area contributed by atoms with E-state index in [1.54, 1.807) is 6.20 Å². The zero-order chi connectivity index (χ0) is 9.10. The number of hydrogen-bond donors (Lipinski definition) is 0. The summed E-state index contributed by atoms with van der Waals surface area (Å²) in [7, 11) is 0. The van der Waals surface area contributed by atoms with Gasteiger partial charge in [-0.2, -0.15) is 0 Å². The number of rotatable bonds is 2. The molecule has 0 atom stereocenters.